The van der Waals surface area contributed by atoms with Crippen LogP contribution in [0.3, 0.4) is 0 Å². The third kappa shape index (κ3) is 7.25. The Morgan fingerprint density at radius 3 is 1.76 bits per heavy atom. The minimum atomic E-state index is -0.352. The maximum Gasteiger partial charge on any atom is 0.223 e. The number of piperazine rings is 1. The van der Waals surface area contributed by atoms with Crippen LogP contribution in [0.15, 0.2) is 60.7 Å². The van der Waals surface area contributed by atoms with Gasteiger partial charge in [-0.2, -0.15) is 0 Å². The first-order valence-electron chi connectivity index (χ1n) is 12.8. The molecule has 1 saturated heterocycles. The van der Waals surface area contributed by atoms with Crippen molar-refractivity contribution in [1.29, 1.82) is 0 Å². The van der Waals surface area contributed by atoms with Gasteiger partial charge in [0.15, 0.2) is 5.78 Å². The van der Waals surface area contributed by atoms with Crippen molar-refractivity contribution in [3.8, 4) is 0 Å². The number of hydrogen-bond donors (Lipinski definition) is 1. The van der Waals surface area contributed by atoms with E-state index in [0.29, 0.717) is 12.8 Å². The Morgan fingerprint density at radius 2 is 1.26 bits per heavy atom. The van der Waals surface area contributed by atoms with Gasteiger partial charge in [0.05, 0.1) is 6.04 Å². The number of unbranched alkanes of at least 4 members (excludes halogenated alkanes) is 4. The van der Waals surface area contributed by atoms with Crippen molar-refractivity contribution in [3.63, 3.8) is 0 Å². The SMILES string of the molecule is C[C@@H]1CN(C(c2ccccc2)c2ccccc2)C[C@H](C)N1C(=O)CCCCCCCC(=O)CO. The highest BCUT2D eigenvalue weighted by molar-refractivity contribution is 5.79. The maximum absolute atomic E-state index is 13.1. The number of aliphatic hydroxyl groups excluding tert-OH is 1. The van der Waals surface area contributed by atoms with Crippen LogP contribution in [0, 0.1) is 0 Å². The molecule has 0 bridgehead atoms. The Hall–Kier alpha value is -2.50. The van der Waals surface area contributed by atoms with Crippen molar-refractivity contribution in [2.45, 2.75) is 76.9 Å². The van der Waals surface area contributed by atoms with Crippen molar-refractivity contribution in [3.05, 3.63) is 71.8 Å². The lowest BCUT2D eigenvalue weighted by molar-refractivity contribution is -0.139. The summed E-state index contributed by atoms with van der Waals surface area (Å²) < 4.78 is 0. The molecule has 184 valence electrons. The van der Waals surface area contributed by atoms with E-state index < -0.39 is 0 Å². The van der Waals surface area contributed by atoms with Gasteiger partial charge in [-0.3, -0.25) is 14.5 Å². The first-order valence-corrected chi connectivity index (χ1v) is 12.8. The molecule has 1 aliphatic rings. The number of carbonyl (C=O) groups is 2. The molecule has 0 aliphatic carbocycles. The molecular weight excluding hydrogens is 424 g/mol. The van der Waals surface area contributed by atoms with Crippen LogP contribution in [-0.2, 0) is 9.59 Å². The Bertz CT molecular complexity index is 835. The Balaban J connectivity index is 1.54. The van der Waals surface area contributed by atoms with E-state index in [-0.39, 0.29) is 36.4 Å². The highest BCUT2D eigenvalue weighted by atomic mass is 16.3. The number of Topliss-reactive ketones (excluding diaryl/α,β-unsaturated/α-hetero) is 1. The molecule has 1 aliphatic heterocycles. The lowest BCUT2D eigenvalue weighted by Crippen LogP contribution is -2.59. The summed E-state index contributed by atoms with van der Waals surface area (Å²) in [7, 11) is 0. The summed E-state index contributed by atoms with van der Waals surface area (Å²) in [5, 5.41) is 8.77. The van der Waals surface area contributed by atoms with Gasteiger partial charge in [0.25, 0.3) is 0 Å². The molecule has 1 fully saturated rings. The largest absolute Gasteiger partial charge is 0.389 e. The van der Waals surface area contributed by atoms with Crippen molar-refractivity contribution < 1.29 is 14.7 Å². The maximum atomic E-state index is 13.1. The van der Waals surface area contributed by atoms with Crippen molar-refractivity contribution >= 4 is 11.7 Å². The van der Waals surface area contributed by atoms with Gasteiger partial charge in [-0.25, -0.2) is 0 Å². The Kier molecular flexibility index (Phi) is 10.3. The standard InChI is InChI=1S/C29H40N2O3/c1-23-20-30(29(25-14-8-6-9-15-25)26-16-10-7-11-17-26)21-24(2)31(23)28(34)19-13-5-3-4-12-18-27(33)22-32/h6-11,14-17,23-24,29,32H,3-5,12-13,18-22H2,1-2H3/t23-,24+. The molecule has 5 nitrogen and oxygen atoms in total. The molecule has 0 aromatic heterocycles. The van der Waals surface area contributed by atoms with E-state index in [1.54, 1.807) is 0 Å². The molecule has 0 spiro atoms. The van der Waals surface area contributed by atoms with Crippen LogP contribution in [0.1, 0.15) is 76.0 Å². The summed E-state index contributed by atoms with van der Waals surface area (Å²) in [4.78, 5) is 28.9. The predicted octanol–water partition coefficient (Wildman–Crippen LogP) is 4.99. The highest BCUT2D eigenvalue weighted by Gasteiger charge is 2.36. The number of hydrogen-bond acceptors (Lipinski definition) is 4. The summed E-state index contributed by atoms with van der Waals surface area (Å²) in [6, 6.07) is 21.8. The molecule has 0 radical (unpaired) electrons. The number of carbonyl (C=O) groups excluding carboxylic acids is 2. The van der Waals surface area contributed by atoms with Gasteiger partial charge in [-0.05, 0) is 37.8 Å². The molecule has 1 heterocycles. The third-order valence-electron chi connectivity index (χ3n) is 6.85. The Labute approximate surface area is 204 Å². The lowest BCUT2D eigenvalue weighted by atomic mass is 9.94. The summed E-state index contributed by atoms with van der Waals surface area (Å²) in [5.41, 5.74) is 2.57. The zero-order valence-electron chi connectivity index (χ0n) is 20.7. The first kappa shape index (κ1) is 26.1. The van der Waals surface area contributed by atoms with Crippen LogP contribution >= 0.6 is 0 Å². The van der Waals surface area contributed by atoms with Crippen LogP contribution in [0.25, 0.3) is 0 Å². The summed E-state index contributed by atoms with van der Waals surface area (Å²) >= 11 is 0. The van der Waals surface area contributed by atoms with E-state index in [1.807, 2.05) is 0 Å². The minimum absolute atomic E-state index is 0.0842. The van der Waals surface area contributed by atoms with Crippen molar-refractivity contribution in [1.82, 2.24) is 9.80 Å². The quantitative estimate of drug-likeness (QED) is 0.450. The predicted molar refractivity (Wildman–Crippen MR) is 136 cm³/mol. The number of amides is 1. The van der Waals surface area contributed by atoms with Crippen molar-refractivity contribution in [2.24, 2.45) is 0 Å². The third-order valence-corrected chi connectivity index (χ3v) is 6.85. The minimum Gasteiger partial charge on any atom is -0.389 e. The lowest BCUT2D eigenvalue weighted by Gasteiger charge is -2.47. The van der Waals surface area contributed by atoms with Gasteiger partial charge < -0.3 is 10.0 Å². The molecule has 2 atom stereocenters. The summed E-state index contributed by atoms with van der Waals surface area (Å²) in [5.74, 6) is 0.171. The van der Waals surface area contributed by atoms with E-state index >= 15 is 0 Å². The smallest absolute Gasteiger partial charge is 0.223 e. The summed E-state index contributed by atoms with van der Waals surface area (Å²) in [6.07, 6.45) is 5.78. The second kappa shape index (κ2) is 13.4. The fourth-order valence-electron chi connectivity index (χ4n) is 5.29. The van der Waals surface area contributed by atoms with E-state index in [1.165, 1.54) is 11.1 Å². The van der Waals surface area contributed by atoms with E-state index in [0.717, 1.165) is 45.2 Å². The zero-order valence-corrected chi connectivity index (χ0v) is 20.7. The van der Waals surface area contributed by atoms with Gasteiger partial charge >= 0.3 is 0 Å². The molecular formula is C29H40N2O3. The number of nitrogens with zero attached hydrogens (tertiary/aromatic N) is 2. The van der Waals surface area contributed by atoms with Gasteiger partial charge in [-0.15, -0.1) is 0 Å². The molecule has 3 rings (SSSR count). The molecule has 34 heavy (non-hydrogen) atoms. The monoisotopic (exact) mass is 464 g/mol. The fraction of sp³-hybridized carbons (Fsp3) is 0.517. The zero-order chi connectivity index (χ0) is 24.3. The molecule has 5 heteroatoms. The molecule has 1 amide bonds. The topological polar surface area (TPSA) is 60.9 Å². The van der Waals surface area contributed by atoms with Crippen LogP contribution in [0.2, 0.25) is 0 Å². The van der Waals surface area contributed by atoms with Gasteiger partial charge in [0, 0.05) is 38.0 Å². The van der Waals surface area contributed by atoms with Crippen LogP contribution in [0.4, 0.5) is 0 Å². The number of aliphatic hydroxyl groups is 1. The molecule has 2 aromatic rings. The first-order chi connectivity index (χ1) is 16.5. The van der Waals surface area contributed by atoms with E-state index in [9.17, 15) is 9.59 Å². The van der Waals surface area contributed by atoms with Gasteiger partial charge in [-0.1, -0.05) is 79.9 Å². The average molecular weight is 465 g/mol. The molecule has 2 aromatic carbocycles. The van der Waals surface area contributed by atoms with Crippen LogP contribution in [-0.4, -0.2) is 58.4 Å². The average Bonchev–Trinajstić information content (AvgIpc) is 2.84. The molecule has 0 unspecified atom stereocenters. The number of benzene rings is 2. The normalized spacial score (nSPS) is 18.9. The Morgan fingerprint density at radius 1 is 0.794 bits per heavy atom. The second-order valence-electron chi connectivity index (χ2n) is 9.64. The molecule has 0 saturated carbocycles. The second-order valence-corrected chi connectivity index (χ2v) is 9.64. The van der Waals surface area contributed by atoms with Crippen LogP contribution in [0.5, 0.6) is 0 Å². The van der Waals surface area contributed by atoms with Gasteiger partial charge in [0.1, 0.15) is 6.61 Å². The fourth-order valence-corrected chi connectivity index (χ4v) is 5.29. The molecule has 1 N–H and O–H groups in total. The van der Waals surface area contributed by atoms with Gasteiger partial charge in [0.2, 0.25) is 5.91 Å². The number of rotatable bonds is 12. The van der Waals surface area contributed by atoms with E-state index in [2.05, 4.69) is 84.3 Å². The number of ketones is 1. The van der Waals surface area contributed by atoms with Crippen LogP contribution < -0.4 is 0 Å². The highest BCUT2D eigenvalue weighted by Crippen LogP contribution is 2.32. The van der Waals surface area contributed by atoms with E-state index in [4.69, 9.17) is 5.11 Å². The van der Waals surface area contributed by atoms with Crippen molar-refractivity contribution in [2.75, 3.05) is 19.7 Å². The summed E-state index contributed by atoms with van der Waals surface area (Å²) in [6.45, 7) is 5.69.